The van der Waals surface area contributed by atoms with E-state index in [0.717, 1.165) is 25.8 Å². The van der Waals surface area contributed by atoms with Crippen LogP contribution >= 0.6 is 0 Å². The van der Waals surface area contributed by atoms with Gasteiger partial charge in [-0.1, -0.05) is 97.3 Å². The third kappa shape index (κ3) is 23.6. The van der Waals surface area contributed by atoms with Gasteiger partial charge in [0.25, 0.3) is 0 Å². The molecule has 29 heavy (non-hydrogen) atoms. The monoisotopic (exact) mass is 411 g/mol. The number of esters is 1. The molecule has 0 amide bonds. The van der Waals surface area contributed by atoms with E-state index in [9.17, 15) is 4.79 Å². The van der Waals surface area contributed by atoms with Crippen LogP contribution in [0.1, 0.15) is 143 Å². The average Bonchev–Trinajstić information content (AvgIpc) is 2.70. The minimum atomic E-state index is 0.00378. The van der Waals surface area contributed by atoms with Crippen LogP contribution in [0.4, 0.5) is 0 Å². The Bertz CT molecular complexity index is 333. The Labute approximate surface area is 183 Å². The Morgan fingerprint density at radius 3 is 1.66 bits per heavy atom. The maximum absolute atomic E-state index is 11.9. The number of hydrogen-bond acceptors (Lipinski definition) is 3. The second-order valence-corrected chi connectivity index (χ2v) is 8.89. The van der Waals surface area contributed by atoms with Crippen molar-refractivity contribution in [3.8, 4) is 0 Å². The SMILES string of the molecule is CCCCCCCCNCCCCCCCC(=O)OC(C)CCCCCCCC. The summed E-state index contributed by atoms with van der Waals surface area (Å²) in [7, 11) is 0. The number of rotatable bonds is 23. The molecule has 0 aliphatic rings. The van der Waals surface area contributed by atoms with Gasteiger partial charge in [0.05, 0.1) is 6.10 Å². The second-order valence-electron chi connectivity index (χ2n) is 8.89. The molecule has 1 atom stereocenters. The largest absolute Gasteiger partial charge is 0.463 e. The highest BCUT2D eigenvalue weighted by Gasteiger charge is 2.09. The number of ether oxygens (including phenoxy) is 1. The van der Waals surface area contributed by atoms with Crippen molar-refractivity contribution >= 4 is 5.97 Å². The molecular weight excluding hydrogens is 358 g/mol. The molecule has 0 saturated carbocycles. The number of carbonyl (C=O) groups excluding carboxylic acids is 1. The van der Waals surface area contributed by atoms with Crippen LogP contribution in [0.5, 0.6) is 0 Å². The normalized spacial score (nSPS) is 12.2. The maximum atomic E-state index is 11.9. The number of unbranched alkanes of at least 4 members (excludes halogenated alkanes) is 14. The first-order chi connectivity index (χ1) is 14.2. The molecule has 174 valence electrons. The van der Waals surface area contributed by atoms with Crippen LogP contribution in [0, 0.1) is 0 Å². The quantitative estimate of drug-likeness (QED) is 0.137. The fourth-order valence-electron chi connectivity index (χ4n) is 3.76. The highest BCUT2D eigenvalue weighted by atomic mass is 16.5. The first kappa shape index (κ1) is 28.4. The van der Waals surface area contributed by atoms with E-state index in [1.165, 1.54) is 103 Å². The molecule has 0 bridgehead atoms. The van der Waals surface area contributed by atoms with Gasteiger partial charge in [-0.3, -0.25) is 4.79 Å². The van der Waals surface area contributed by atoms with Gasteiger partial charge in [-0.15, -0.1) is 0 Å². The number of carbonyl (C=O) groups is 1. The maximum Gasteiger partial charge on any atom is 0.306 e. The van der Waals surface area contributed by atoms with Crippen molar-refractivity contribution < 1.29 is 9.53 Å². The zero-order valence-corrected chi connectivity index (χ0v) is 20.2. The Kier molecular flexibility index (Phi) is 23.2. The molecule has 3 nitrogen and oxygen atoms in total. The second kappa shape index (κ2) is 23.7. The Morgan fingerprint density at radius 1 is 0.655 bits per heavy atom. The summed E-state index contributed by atoms with van der Waals surface area (Å²) in [5.74, 6) is 0.00378. The third-order valence-electron chi connectivity index (χ3n) is 5.74. The topological polar surface area (TPSA) is 38.3 Å². The Hall–Kier alpha value is -0.570. The Balaban J connectivity index is 3.26. The fraction of sp³-hybridized carbons (Fsp3) is 0.962. The smallest absolute Gasteiger partial charge is 0.306 e. The van der Waals surface area contributed by atoms with Gasteiger partial charge in [0.2, 0.25) is 0 Å². The van der Waals surface area contributed by atoms with Crippen LogP contribution in [0.25, 0.3) is 0 Å². The van der Waals surface area contributed by atoms with Crippen LogP contribution in [-0.2, 0) is 9.53 Å². The highest BCUT2D eigenvalue weighted by Crippen LogP contribution is 2.12. The number of hydrogen-bond donors (Lipinski definition) is 1. The lowest BCUT2D eigenvalue weighted by atomic mass is 10.1. The predicted octanol–water partition coefficient (Wildman–Crippen LogP) is 7.96. The van der Waals surface area contributed by atoms with Crippen molar-refractivity contribution in [2.75, 3.05) is 13.1 Å². The lowest BCUT2D eigenvalue weighted by molar-refractivity contribution is -0.148. The van der Waals surface area contributed by atoms with Crippen molar-refractivity contribution in [1.29, 1.82) is 0 Å². The summed E-state index contributed by atoms with van der Waals surface area (Å²) in [5, 5.41) is 3.56. The van der Waals surface area contributed by atoms with E-state index in [-0.39, 0.29) is 12.1 Å². The molecule has 1 unspecified atom stereocenters. The van der Waals surface area contributed by atoms with Gasteiger partial charge in [-0.2, -0.15) is 0 Å². The average molecular weight is 412 g/mol. The first-order valence-electron chi connectivity index (χ1n) is 13.1. The summed E-state index contributed by atoms with van der Waals surface area (Å²) in [5.41, 5.74) is 0. The first-order valence-corrected chi connectivity index (χ1v) is 13.1. The van der Waals surface area contributed by atoms with E-state index in [4.69, 9.17) is 4.74 Å². The predicted molar refractivity (Wildman–Crippen MR) is 127 cm³/mol. The van der Waals surface area contributed by atoms with E-state index in [2.05, 4.69) is 19.2 Å². The van der Waals surface area contributed by atoms with Crippen molar-refractivity contribution in [2.45, 2.75) is 149 Å². The van der Waals surface area contributed by atoms with Crippen molar-refractivity contribution in [3.05, 3.63) is 0 Å². The molecule has 0 aliphatic heterocycles. The molecule has 0 aliphatic carbocycles. The molecule has 0 heterocycles. The fourth-order valence-corrected chi connectivity index (χ4v) is 3.76. The highest BCUT2D eigenvalue weighted by molar-refractivity contribution is 5.69. The van der Waals surface area contributed by atoms with Gasteiger partial charge >= 0.3 is 5.97 Å². The summed E-state index contributed by atoms with van der Waals surface area (Å²) in [4.78, 5) is 11.9. The van der Waals surface area contributed by atoms with Gasteiger partial charge in [-0.25, -0.2) is 0 Å². The van der Waals surface area contributed by atoms with Gasteiger partial charge < -0.3 is 10.1 Å². The lowest BCUT2D eigenvalue weighted by Crippen LogP contribution is -2.16. The van der Waals surface area contributed by atoms with Crippen molar-refractivity contribution in [1.82, 2.24) is 5.32 Å². The van der Waals surface area contributed by atoms with E-state index in [1.807, 2.05) is 6.92 Å². The molecule has 0 saturated heterocycles. The van der Waals surface area contributed by atoms with Gasteiger partial charge in [0, 0.05) is 6.42 Å². The number of nitrogens with one attached hydrogen (secondary N) is 1. The zero-order valence-electron chi connectivity index (χ0n) is 20.2. The summed E-state index contributed by atoms with van der Waals surface area (Å²) in [6.07, 6.45) is 23.6. The molecule has 3 heteroatoms. The van der Waals surface area contributed by atoms with Crippen LogP contribution in [0.2, 0.25) is 0 Å². The van der Waals surface area contributed by atoms with Crippen LogP contribution in [0.15, 0.2) is 0 Å². The summed E-state index contributed by atoms with van der Waals surface area (Å²) < 4.78 is 5.54. The summed E-state index contributed by atoms with van der Waals surface area (Å²) in [6, 6.07) is 0. The zero-order chi connectivity index (χ0) is 21.4. The van der Waals surface area contributed by atoms with Gasteiger partial charge in [0.15, 0.2) is 0 Å². The molecule has 0 fully saturated rings. The molecule has 0 aromatic rings. The van der Waals surface area contributed by atoms with Crippen molar-refractivity contribution in [3.63, 3.8) is 0 Å². The van der Waals surface area contributed by atoms with Crippen LogP contribution in [-0.4, -0.2) is 25.2 Å². The molecule has 0 aromatic carbocycles. The van der Waals surface area contributed by atoms with Gasteiger partial charge in [-0.05, 0) is 52.1 Å². The van der Waals surface area contributed by atoms with Crippen molar-refractivity contribution in [2.24, 2.45) is 0 Å². The standard InChI is InChI=1S/C26H53NO2/c1-4-6-8-10-13-17-21-25(3)29-26(28)22-18-14-12-16-20-24-27-23-19-15-11-9-7-5-2/h25,27H,4-24H2,1-3H3. The molecule has 1 N–H and O–H groups in total. The van der Waals surface area contributed by atoms with E-state index in [0.29, 0.717) is 6.42 Å². The minimum absolute atomic E-state index is 0.00378. The van der Waals surface area contributed by atoms with Crippen LogP contribution in [0.3, 0.4) is 0 Å². The summed E-state index contributed by atoms with van der Waals surface area (Å²) in [6.45, 7) is 8.88. The van der Waals surface area contributed by atoms with Gasteiger partial charge in [0.1, 0.15) is 0 Å². The van der Waals surface area contributed by atoms with E-state index < -0.39 is 0 Å². The third-order valence-corrected chi connectivity index (χ3v) is 5.74. The van der Waals surface area contributed by atoms with E-state index in [1.54, 1.807) is 0 Å². The minimum Gasteiger partial charge on any atom is -0.463 e. The lowest BCUT2D eigenvalue weighted by Gasteiger charge is -2.13. The molecular formula is C26H53NO2. The molecule has 0 radical (unpaired) electrons. The molecule has 0 aromatic heterocycles. The molecule has 0 spiro atoms. The molecule has 0 rings (SSSR count). The Morgan fingerprint density at radius 2 is 1.10 bits per heavy atom. The van der Waals surface area contributed by atoms with Crippen LogP contribution < -0.4 is 5.32 Å². The summed E-state index contributed by atoms with van der Waals surface area (Å²) >= 11 is 0. The van der Waals surface area contributed by atoms with E-state index >= 15 is 0 Å².